The van der Waals surface area contributed by atoms with Gasteiger partial charge < -0.3 is 5.11 Å². The number of nitrogens with zero attached hydrogens (tertiary/aromatic N) is 5. The molecule has 9 heteroatoms. The first-order valence-corrected chi connectivity index (χ1v) is 8.57. The van der Waals surface area contributed by atoms with Crippen molar-refractivity contribution in [2.45, 2.75) is 29.3 Å². The van der Waals surface area contributed by atoms with Crippen molar-refractivity contribution in [3.05, 3.63) is 40.9 Å². The monoisotopic (exact) mass is 347 g/mol. The van der Waals surface area contributed by atoms with Crippen molar-refractivity contribution in [2.24, 2.45) is 0 Å². The SMILES string of the molecule is CCc1ccccc1-n1nnnc1Sc1nc(CC(=O)O)cs1. The van der Waals surface area contributed by atoms with Gasteiger partial charge in [0.05, 0.1) is 17.8 Å². The Bertz CT molecular complexity index is 830. The van der Waals surface area contributed by atoms with Crippen LogP contribution in [-0.4, -0.2) is 36.3 Å². The zero-order valence-corrected chi connectivity index (χ0v) is 13.8. The Kier molecular flexibility index (Phi) is 4.68. The average molecular weight is 347 g/mol. The van der Waals surface area contributed by atoms with Gasteiger partial charge in [0, 0.05) is 5.38 Å². The van der Waals surface area contributed by atoms with Gasteiger partial charge in [0.15, 0.2) is 4.34 Å². The van der Waals surface area contributed by atoms with Crippen molar-refractivity contribution in [1.82, 2.24) is 25.2 Å². The van der Waals surface area contributed by atoms with Crippen molar-refractivity contribution in [2.75, 3.05) is 0 Å². The summed E-state index contributed by atoms with van der Waals surface area (Å²) in [5.74, 6) is -0.895. The van der Waals surface area contributed by atoms with Gasteiger partial charge in [-0.2, -0.15) is 4.68 Å². The average Bonchev–Trinajstić information content (AvgIpc) is 3.16. The molecule has 1 aromatic carbocycles. The lowest BCUT2D eigenvalue weighted by Crippen LogP contribution is -2.02. The second-order valence-electron chi connectivity index (χ2n) is 4.63. The van der Waals surface area contributed by atoms with Gasteiger partial charge >= 0.3 is 5.97 Å². The third-order valence-corrected chi connectivity index (χ3v) is 5.01. The van der Waals surface area contributed by atoms with Crippen LogP contribution in [0.1, 0.15) is 18.2 Å². The predicted molar refractivity (Wildman–Crippen MR) is 86.1 cm³/mol. The number of thiazole rings is 1. The van der Waals surface area contributed by atoms with Gasteiger partial charge in [-0.05, 0) is 40.2 Å². The molecule has 3 rings (SSSR count). The number of carboxylic acid groups (broad SMARTS) is 1. The molecule has 0 saturated heterocycles. The lowest BCUT2D eigenvalue weighted by Gasteiger charge is -2.07. The summed E-state index contributed by atoms with van der Waals surface area (Å²) < 4.78 is 2.40. The highest BCUT2D eigenvalue weighted by atomic mass is 32.2. The predicted octanol–water partition coefficient (Wildman–Crippen LogP) is 2.46. The number of benzene rings is 1. The minimum absolute atomic E-state index is 0.0827. The van der Waals surface area contributed by atoms with E-state index in [1.807, 2.05) is 24.3 Å². The molecular weight excluding hydrogens is 334 g/mol. The number of hydrogen-bond acceptors (Lipinski definition) is 7. The summed E-state index contributed by atoms with van der Waals surface area (Å²) in [6.45, 7) is 2.08. The first kappa shape index (κ1) is 15.6. The largest absolute Gasteiger partial charge is 0.481 e. The van der Waals surface area contributed by atoms with Crippen LogP contribution in [0.15, 0.2) is 39.1 Å². The maximum absolute atomic E-state index is 10.7. The number of rotatable bonds is 6. The molecular formula is C14H13N5O2S2. The maximum Gasteiger partial charge on any atom is 0.309 e. The molecule has 118 valence electrons. The molecule has 0 spiro atoms. The van der Waals surface area contributed by atoms with E-state index >= 15 is 0 Å². The summed E-state index contributed by atoms with van der Waals surface area (Å²) >= 11 is 2.71. The van der Waals surface area contributed by atoms with E-state index in [0.29, 0.717) is 15.2 Å². The molecule has 7 nitrogen and oxygen atoms in total. The Morgan fingerprint density at radius 3 is 3.00 bits per heavy atom. The lowest BCUT2D eigenvalue weighted by molar-refractivity contribution is -0.136. The number of tetrazole rings is 1. The van der Waals surface area contributed by atoms with E-state index in [9.17, 15) is 4.79 Å². The highest BCUT2D eigenvalue weighted by molar-refractivity contribution is 8.00. The van der Waals surface area contributed by atoms with Gasteiger partial charge in [0.1, 0.15) is 0 Å². The van der Waals surface area contributed by atoms with E-state index in [0.717, 1.165) is 17.7 Å². The fourth-order valence-electron chi connectivity index (χ4n) is 2.06. The summed E-state index contributed by atoms with van der Waals surface area (Å²) in [7, 11) is 0. The molecule has 1 N–H and O–H groups in total. The molecule has 0 saturated carbocycles. The van der Waals surface area contributed by atoms with Gasteiger partial charge in [0.25, 0.3) is 0 Å². The van der Waals surface area contributed by atoms with E-state index < -0.39 is 5.97 Å². The minimum Gasteiger partial charge on any atom is -0.481 e. The zero-order chi connectivity index (χ0) is 16.2. The third kappa shape index (κ3) is 3.57. The molecule has 0 radical (unpaired) electrons. The van der Waals surface area contributed by atoms with Crippen LogP contribution in [0.4, 0.5) is 0 Å². The fraction of sp³-hybridized carbons (Fsp3) is 0.214. The maximum atomic E-state index is 10.7. The van der Waals surface area contributed by atoms with Crippen LogP contribution >= 0.6 is 23.1 Å². The highest BCUT2D eigenvalue weighted by Crippen LogP contribution is 2.30. The van der Waals surface area contributed by atoms with E-state index in [-0.39, 0.29) is 6.42 Å². The molecule has 0 aliphatic carbocycles. The molecule has 0 aliphatic heterocycles. The molecule has 0 bridgehead atoms. The van der Waals surface area contributed by atoms with Crippen molar-refractivity contribution < 1.29 is 9.90 Å². The Morgan fingerprint density at radius 2 is 2.22 bits per heavy atom. The van der Waals surface area contributed by atoms with Crippen LogP contribution in [0.25, 0.3) is 5.69 Å². The van der Waals surface area contributed by atoms with Gasteiger partial charge in [0.2, 0.25) is 5.16 Å². The number of para-hydroxylation sites is 1. The Hall–Kier alpha value is -2.26. The van der Waals surface area contributed by atoms with Gasteiger partial charge in [-0.3, -0.25) is 4.79 Å². The molecule has 2 heterocycles. The normalized spacial score (nSPS) is 10.8. The molecule has 0 aliphatic rings. The molecule has 0 unspecified atom stereocenters. The van der Waals surface area contributed by atoms with Crippen molar-refractivity contribution in [3.63, 3.8) is 0 Å². The smallest absolute Gasteiger partial charge is 0.309 e. The van der Waals surface area contributed by atoms with Crippen molar-refractivity contribution in [1.29, 1.82) is 0 Å². The molecule has 23 heavy (non-hydrogen) atoms. The lowest BCUT2D eigenvalue weighted by atomic mass is 10.1. The van der Waals surface area contributed by atoms with Crippen LogP contribution in [0, 0.1) is 0 Å². The van der Waals surface area contributed by atoms with Gasteiger partial charge in [-0.1, -0.05) is 25.1 Å². The zero-order valence-electron chi connectivity index (χ0n) is 12.2. The molecule has 0 amide bonds. The van der Waals surface area contributed by atoms with Crippen LogP contribution in [-0.2, 0) is 17.6 Å². The van der Waals surface area contributed by atoms with Crippen molar-refractivity contribution >= 4 is 29.1 Å². The van der Waals surface area contributed by atoms with Crippen LogP contribution in [0.2, 0.25) is 0 Å². The number of aryl methyl sites for hydroxylation is 1. The van der Waals surface area contributed by atoms with E-state index in [4.69, 9.17) is 5.11 Å². The molecule has 0 atom stereocenters. The first-order chi connectivity index (χ1) is 11.2. The fourth-order valence-corrected chi connectivity index (χ4v) is 3.78. The number of aliphatic carboxylic acids is 1. The molecule has 3 aromatic rings. The topological polar surface area (TPSA) is 93.8 Å². The van der Waals surface area contributed by atoms with Crippen LogP contribution < -0.4 is 0 Å². The number of carbonyl (C=O) groups is 1. The Labute approximate surface area is 140 Å². The summed E-state index contributed by atoms with van der Waals surface area (Å²) in [5, 5.41) is 23.0. The summed E-state index contributed by atoms with van der Waals surface area (Å²) in [5.41, 5.74) is 2.62. The molecule has 2 aromatic heterocycles. The summed E-state index contributed by atoms with van der Waals surface area (Å²) in [6.07, 6.45) is 0.792. The van der Waals surface area contributed by atoms with E-state index in [1.54, 1.807) is 10.1 Å². The van der Waals surface area contributed by atoms with Crippen LogP contribution in [0.5, 0.6) is 0 Å². The van der Waals surface area contributed by atoms with Gasteiger partial charge in [-0.25, -0.2) is 4.98 Å². The summed E-state index contributed by atoms with van der Waals surface area (Å²) in [4.78, 5) is 15.0. The minimum atomic E-state index is -0.895. The quantitative estimate of drug-likeness (QED) is 0.732. The van der Waals surface area contributed by atoms with E-state index in [1.165, 1.54) is 23.1 Å². The standard InChI is InChI=1S/C14H13N5O2S2/c1-2-9-5-3-4-6-11(9)19-13(16-17-18-19)23-14-15-10(8-22-14)7-12(20)21/h3-6,8H,2,7H2,1H3,(H,20,21). The second-order valence-corrected chi connectivity index (χ2v) is 6.71. The van der Waals surface area contributed by atoms with E-state index in [2.05, 4.69) is 27.4 Å². The number of aromatic nitrogens is 5. The first-order valence-electron chi connectivity index (χ1n) is 6.88. The third-order valence-electron chi connectivity index (χ3n) is 3.08. The highest BCUT2D eigenvalue weighted by Gasteiger charge is 2.15. The molecule has 0 fully saturated rings. The van der Waals surface area contributed by atoms with Gasteiger partial charge in [-0.15, -0.1) is 16.4 Å². The summed E-state index contributed by atoms with van der Waals surface area (Å²) in [6, 6.07) is 7.94. The van der Waals surface area contributed by atoms with Crippen LogP contribution in [0.3, 0.4) is 0 Å². The number of hydrogen-bond donors (Lipinski definition) is 1. The number of carboxylic acids is 1. The second kappa shape index (κ2) is 6.88. The Morgan fingerprint density at radius 1 is 1.39 bits per heavy atom. The Balaban J connectivity index is 1.87. The van der Waals surface area contributed by atoms with Crippen molar-refractivity contribution in [3.8, 4) is 5.69 Å².